The summed E-state index contributed by atoms with van der Waals surface area (Å²) in [4.78, 5) is 9.14. The average Bonchev–Trinajstić information content (AvgIpc) is 2.44. The molecule has 1 saturated carbocycles. The maximum Gasteiger partial charge on any atom is 0.0890 e. The molecule has 2 aromatic rings. The topological polar surface area (TPSA) is 37.8 Å². The molecule has 3 rings (SSSR count). The Hall–Kier alpha value is -1.48. The van der Waals surface area contributed by atoms with E-state index in [1.807, 2.05) is 30.5 Å². The minimum Gasteiger partial charge on any atom is -0.308 e. The van der Waals surface area contributed by atoms with Gasteiger partial charge in [-0.15, -0.1) is 0 Å². The van der Waals surface area contributed by atoms with Crippen molar-refractivity contribution >= 4 is 11.0 Å². The number of aromatic nitrogens is 2. The summed E-state index contributed by atoms with van der Waals surface area (Å²) in [5, 5.41) is 3.66. The van der Waals surface area contributed by atoms with Crippen molar-refractivity contribution in [1.29, 1.82) is 0 Å². The van der Waals surface area contributed by atoms with E-state index in [4.69, 9.17) is 0 Å². The van der Waals surface area contributed by atoms with E-state index < -0.39 is 0 Å². The van der Waals surface area contributed by atoms with Crippen LogP contribution in [0, 0.1) is 5.41 Å². The molecule has 3 nitrogen and oxygen atoms in total. The highest BCUT2D eigenvalue weighted by molar-refractivity contribution is 5.73. The number of fused-ring (bicyclic) bond motifs is 1. The van der Waals surface area contributed by atoms with Gasteiger partial charge in [-0.25, -0.2) is 4.98 Å². The van der Waals surface area contributed by atoms with Crippen LogP contribution in [0.2, 0.25) is 0 Å². The monoisotopic (exact) mass is 269 g/mol. The molecular formula is C17H23N3. The molecule has 20 heavy (non-hydrogen) atoms. The normalized spacial score (nSPS) is 22.0. The van der Waals surface area contributed by atoms with E-state index >= 15 is 0 Å². The van der Waals surface area contributed by atoms with E-state index in [9.17, 15) is 0 Å². The highest BCUT2D eigenvalue weighted by atomic mass is 14.9. The van der Waals surface area contributed by atoms with Crippen molar-refractivity contribution in [1.82, 2.24) is 15.3 Å². The summed E-state index contributed by atoms with van der Waals surface area (Å²) in [6.07, 6.45) is 7.11. The third-order valence-electron chi connectivity index (χ3n) is 4.28. The largest absolute Gasteiger partial charge is 0.308 e. The smallest absolute Gasteiger partial charge is 0.0890 e. The molecule has 1 aliphatic carbocycles. The second-order valence-corrected chi connectivity index (χ2v) is 6.69. The van der Waals surface area contributed by atoms with Crippen LogP contribution in [0.15, 0.2) is 30.5 Å². The lowest BCUT2D eigenvalue weighted by Crippen LogP contribution is -2.37. The number of hydrogen-bond acceptors (Lipinski definition) is 3. The molecule has 1 heterocycles. The zero-order valence-corrected chi connectivity index (χ0v) is 12.4. The Balaban J connectivity index is 1.65. The first-order chi connectivity index (χ1) is 9.62. The van der Waals surface area contributed by atoms with E-state index in [2.05, 4.69) is 29.1 Å². The molecule has 3 heteroatoms. The van der Waals surface area contributed by atoms with Gasteiger partial charge in [-0.05, 0) is 36.8 Å². The highest BCUT2D eigenvalue weighted by Crippen LogP contribution is 2.35. The van der Waals surface area contributed by atoms with E-state index in [1.165, 1.54) is 25.7 Å². The van der Waals surface area contributed by atoms with Gasteiger partial charge in [0.25, 0.3) is 0 Å². The summed E-state index contributed by atoms with van der Waals surface area (Å²) in [6, 6.07) is 8.65. The molecule has 0 aliphatic heterocycles. The van der Waals surface area contributed by atoms with Gasteiger partial charge in [0.05, 0.1) is 22.9 Å². The van der Waals surface area contributed by atoms with Gasteiger partial charge < -0.3 is 5.32 Å². The Morgan fingerprint density at radius 1 is 1.25 bits per heavy atom. The average molecular weight is 269 g/mol. The Labute approximate surface area is 120 Å². The summed E-state index contributed by atoms with van der Waals surface area (Å²) in [6.45, 7) is 5.56. The molecule has 1 unspecified atom stereocenters. The number of benzene rings is 1. The molecule has 1 N–H and O–H groups in total. The first kappa shape index (κ1) is 13.5. The Morgan fingerprint density at radius 3 is 2.85 bits per heavy atom. The number of nitrogens with one attached hydrogen (secondary N) is 1. The zero-order chi connectivity index (χ0) is 14.0. The van der Waals surface area contributed by atoms with Crippen LogP contribution in [0.5, 0.6) is 0 Å². The molecule has 1 atom stereocenters. The third-order valence-corrected chi connectivity index (χ3v) is 4.28. The van der Waals surface area contributed by atoms with Gasteiger partial charge in [-0.3, -0.25) is 4.98 Å². The van der Waals surface area contributed by atoms with Crippen LogP contribution in [0.25, 0.3) is 11.0 Å². The number of nitrogens with zero attached hydrogens (tertiary/aromatic N) is 2. The van der Waals surface area contributed by atoms with Crippen molar-refractivity contribution in [3.05, 3.63) is 36.2 Å². The standard InChI is InChI=1S/C17H23N3/c1-17(2)9-5-6-13(10-17)18-11-14-12-19-15-7-3-4-8-16(15)20-14/h3-4,7-8,12-13,18H,5-6,9-11H2,1-2H3. The Morgan fingerprint density at radius 2 is 2.05 bits per heavy atom. The fourth-order valence-corrected chi connectivity index (χ4v) is 3.20. The van der Waals surface area contributed by atoms with E-state index in [0.29, 0.717) is 11.5 Å². The second kappa shape index (κ2) is 5.49. The molecule has 0 bridgehead atoms. The van der Waals surface area contributed by atoms with Gasteiger partial charge in [0.15, 0.2) is 0 Å². The van der Waals surface area contributed by atoms with Gasteiger partial charge >= 0.3 is 0 Å². The van der Waals surface area contributed by atoms with Gasteiger partial charge in [0.2, 0.25) is 0 Å². The van der Waals surface area contributed by atoms with Gasteiger partial charge in [0, 0.05) is 12.6 Å². The highest BCUT2D eigenvalue weighted by Gasteiger charge is 2.27. The lowest BCUT2D eigenvalue weighted by molar-refractivity contribution is 0.197. The SMILES string of the molecule is CC1(C)CCCC(NCc2cnc3ccccc3n2)C1. The molecule has 1 aromatic heterocycles. The fraction of sp³-hybridized carbons (Fsp3) is 0.529. The predicted molar refractivity (Wildman–Crippen MR) is 82.4 cm³/mol. The van der Waals surface area contributed by atoms with Crippen molar-refractivity contribution in [2.45, 2.75) is 52.1 Å². The second-order valence-electron chi connectivity index (χ2n) is 6.69. The summed E-state index contributed by atoms with van der Waals surface area (Å²) in [5.74, 6) is 0. The fourth-order valence-electron chi connectivity index (χ4n) is 3.20. The molecular weight excluding hydrogens is 246 g/mol. The molecule has 0 amide bonds. The summed E-state index contributed by atoms with van der Waals surface area (Å²) < 4.78 is 0. The molecule has 0 radical (unpaired) electrons. The lowest BCUT2D eigenvalue weighted by Gasteiger charge is -2.35. The molecule has 0 spiro atoms. The minimum atomic E-state index is 0.477. The molecule has 0 saturated heterocycles. The minimum absolute atomic E-state index is 0.477. The molecule has 1 aliphatic rings. The Bertz CT molecular complexity index is 592. The van der Waals surface area contributed by atoms with Crippen molar-refractivity contribution < 1.29 is 0 Å². The van der Waals surface area contributed by atoms with Crippen LogP contribution in [-0.4, -0.2) is 16.0 Å². The van der Waals surface area contributed by atoms with Crippen molar-refractivity contribution in [3.63, 3.8) is 0 Å². The van der Waals surface area contributed by atoms with Crippen molar-refractivity contribution in [2.24, 2.45) is 5.41 Å². The van der Waals surface area contributed by atoms with Crippen LogP contribution in [0.4, 0.5) is 0 Å². The first-order valence-electron chi connectivity index (χ1n) is 7.56. The first-order valence-corrected chi connectivity index (χ1v) is 7.56. The summed E-state index contributed by atoms with van der Waals surface area (Å²) >= 11 is 0. The lowest BCUT2D eigenvalue weighted by atomic mass is 9.75. The van der Waals surface area contributed by atoms with Gasteiger partial charge in [-0.1, -0.05) is 32.4 Å². The Kier molecular flexibility index (Phi) is 3.70. The van der Waals surface area contributed by atoms with Gasteiger partial charge in [0.1, 0.15) is 0 Å². The van der Waals surface area contributed by atoms with Crippen LogP contribution in [-0.2, 0) is 6.54 Å². The van der Waals surface area contributed by atoms with E-state index in [1.54, 1.807) is 0 Å². The third kappa shape index (κ3) is 3.15. The van der Waals surface area contributed by atoms with E-state index in [-0.39, 0.29) is 0 Å². The van der Waals surface area contributed by atoms with Crippen molar-refractivity contribution in [2.75, 3.05) is 0 Å². The van der Waals surface area contributed by atoms with Crippen molar-refractivity contribution in [3.8, 4) is 0 Å². The maximum absolute atomic E-state index is 4.67. The van der Waals surface area contributed by atoms with E-state index in [0.717, 1.165) is 23.3 Å². The zero-order valence-electron chi connectivity index (χ0n) is 12.4. The molecule has 106 valence electrons. The summed E-state index contributed by atoms with van der Waals surface area (Å²) in [7, 11) is 0. The maximum atomic E-state index is 4.67. The number of para-hydroxylation sites is 2. The van der Waals surface area contributed by atoms with Crippen LogP contribution >= 0.6 is 0 Å². The van der Waals surface area contributed by atoms with Crippen LogP contribution in [0.1, 0.15) is 45.2 Å². The quantitative estimate of drug-likeness (QED) is 0.923. The van der Waals surface area contributed by atoms with Gasteiger partial charge in [-0.2, -0.15) is 0 Å². The van der Waals surface area contributed by atoms with Crippen LogP contribution < -0.4 is 5.32 Å². The summed E-state index contributed by atoms with van der Waals surface area (Å²) in [5.41, 5.74) is 3.46. The number of hydrogen-bond donors (Lipinski definition) is 1. The molecule has 1 fully saturated rings. The molecule has 1 aromatic carbocycles. The number of rotatable bonds is 3. The van der Waals surface area contributed by atoms with Crippen LogP contribution in [0.3, 0.4) is 0 Å². The predicted octanol–water partition coefficient (Wildman–Crippen LogP) is 3.69.